The Morgan fingerprint density at radius 1 is 1.37 bits per heavy atom. The Hall–Kier alpha value is -1.62. The van der Waals surface area contributed by atoms with Crippen LogP contribution in [0.5, 0.6) is 0 Å². The van der Waals surface area contributed by atoms with Crippen LogP contribution in [0.3, 0.4) is 0 Å². The highest BCUT2D eigenvalue weighted by Crippen LogP contribution is 2.49. The zero-order valence-electron chi connectivity index (χ0n) is 16.6. The summed E-state index contributed by atoms with van der Waals surface area (Å²) in [4.78, 5) is 24.0. The molecule has 0 aromatic carbocycles. The van der Waals surface area contributed by atoms with E-state index in [1.54, 1.807) is 0 Å². The third-order valence-corrected chi connectivity index (χ3v) is 6.09. The summed E-state index contributed by atoms with van der Waals surface area (Å²) >= 11 is 0. The van der Waals surface area contributed by atoms with Crippen molar-refractivity contribution in [1.82, 2.24) is 0 Å². The molecule has 2 saturated heterocycles. The van der Waals surface area contributed by atoms with E-state index in [1.165, 1.54) is 0 Å². The van der Waals surface area contributed by atoms with Gasteiger partial charge in [-0.05, 0) is 44.6 Å². The lowest BCUT2D eigenvalue weighted by Crippen LogP contribution is -2.29. The van der Waals surface area contributed by atoms with Crippen LogP contribution in [0.25, 0.3) is 0 Å². The van der Waals surface area contributed by atoms with E-state index in [4.69, 9.17) is 14.2 Å². The number of fused-ring (bicyclic) bond motifs is 3. The van der Waals surface area contributed by atoms with Crippen molar-refractivity contribution in [2.75, 3.05) is 6.61 Å². The molecule has 2 aliphatic heterocycles. The number of ether oxygens (including phenoxy) is 3. The molecular formula is C22H32O5. The van der Waals surface area contributed by atoms with Crippen LogP contribution in [-0.4, -0.2) is 36.4 Å². The highest BCUT2D eigenvalue weighted by atomic mass is 16.6. The van der Waals surface area contributed by atoms with Gasteiger partial charge in [-0.3, -0.25) is 4.79 Å². The SMILES string of the molecule is C=C1C(=O)O[C@H]2[C@H]1CC/C(COC(=O)CCCCCC)=C\CC[C@@]1(C)O[C@@H]21. The van der Waals surface area contributed by atoms with Crippen molar-refractivity contribution in [2.24, 2.45) is 5.92 Å². The van der Waals surface area contributed by atoms with E-state index in [-0.39, 0.29) is 35.7 Å². The summed E-state index contributed by atoms with van der Waals surface area (Å²) in [6.07, 6.45) is 10.0. The average molecular weight is 376 g/mol. The third kappa shape index (κ3) is 4.81. The minimum Gasteiger partial charge on any atom is -0.461 e. The van der Waals surface area contributed by atoms with Crippen LogP contribution in [-0.2, 0) is 23.8 Å². The monoisotopic (exact) mass is 376 g/mol. The van der Waals surface area contributed by atoms with Crippen molar-refractivity contribution >= 4 is 11.9 Å². The van der Waals surface area contributed by atoms with Crippen LogP contribution in [0.1, 0.15) is 71.6 Å². The van der Waals surface area contributed by atoms with Gasteiger partial charge < -0.3 is 14.2 Å². The highest BCUT2D eigenvalue weighted by molar-refractivity contribution is 5.91. The number of rotatable bonds is 7. The number of allylic oxidation sites excluding steroid dienone is 1. The fourth-order valence-corrected chi connectivity index (χ4v) is 4.19. The van der Waals surface area contributed by atoms with Crippen LogP contribution < -0.4 is 0 Å². The van der Waals surface area contributed by atoms with Crippen molar-refractivity contribution < 1.29 is 23.8 Å². The summed E-state index contributed by atoms with van der Waals surface area (Å²) in [5.41, 5.74) is 1.43. The summed E-state index contributed by atoms with van der Waals surface area (Å²) in [6, 6.07) is 0. The molecule has 0 unspecified atom stereocenters. The van der Waals surface area contributed by atoms with E-state index in [2.05, 4.69) is 26.5 Å². The second-order valence-corrected chi connectivity index (χ2v) is 8.26. The minimum absolute atomic E-state index is 0.0180. The molecule has 0 aromatic rings. The molecule has 0 saturated carbocycles. The van der Waals surface area contributed by atoms with Crippen molar-refractivity contribution in [2.45, 2.75) is 89.4 Å². The largest absolute Gasteiger partial charge is 0.461 e. The first-order chi connectivity index (χ1) is 12.9. The van der Waals surface area contributed by atoms with Crippen LogP contribution >= 0.6 is 0 Å². The molecule has 150 valence electrons. The normalized spacial score (nSPS) is 34.7. The smallest absolute Gasteiger partial charge is 0.334 e. The van der Waals surface area contributed by atoms with Gasteiger partial charge in [0.1, 0.15) is 18.8 Å². The zero-order valence-corrected chi connectivity index (χ0v) is 16.6. The molecule has 2 heterocycles. The fourth-order valence-electron chi connectivity index (χ4n) is 4.19. The number of hydrogen-bond acceptors (Lipinski definition) is 5. The van der Waals surface area contributed by atoms with E-state index in [0.717, 1.165) is 56.9 Å². The number of carbonyl (C=O) groups excluding carboxylic acids is 2. The van der Waals surface area contributed by atoms with Crippen LogP contribution in [0, 0.1) is 5.92 Å². The third-order valence-electron chi connectivity index (χ3n) is 6.09. The predicted molar refractivity (Wildman–Crippen MR) is 102 cm³/mol. The average Bonchev–Trinajstić information content (AvgIpc) is 3.23. The van der Waals surface area contributed by atoms with Crippen molar-refractivity contribution in [3.05, 3.63) is 23.8 Å². The van der Waals surface area contributed by atoms with Crippen molar-refractivity contribution in [3.8, 4) is 0 Å². The lowest BCUT2D eigenvalue weighted by molar-refractivity contribution is -0.143. The summed E-state index contributed by atoms with van der Waals surface area (Å²) in [7, 11) is 0. The van der Waals surface area contributed by atoms with Gasteiger partial charge in [-0.15, -0.1) is 0 Å². The number of esters is 2. The van der Waals surface area contributed by atoms with Crippen LogP contribution in [0.4, 0.5) is 0 Å². The molecule has 0 amide bonds. The zero-order chi connectivity index (χ0) is 19.4. The van der Waals surface area contributed by atoms with Gasteiger partial charge >= 0.3 is 11.9 Å². The number of unbranched alkanes of at least 4 members (excludes halogenated alkanes) is 3. The molecule has 0 bridgehead atoms. The standard InChI is InChI=1S/C22H32O5/c1-4-5-6-7-10-18(23)25-14-16-9-8-13-22(3)20(27-22)19-17(12-11-16)15(2)21(24)26-19/h9,17,19-20H,2,4-8,10-14H2,1,3H3/b16-9+/t17-,19-,20-,22+/m0/s1. The topological polar surface area (TPSA) is 65.1 Å². The molecule has 0 aromatic heterocycles. The first kappa shape index (κ1) is 20.1. The van der Waals surface area contributed by atoms with Crippen molar-refractivity contribution in [1.29, 1.82) is 0 Å². The molecule has 1 aliphatic carbocycles. The maximum Gasteiger partial charge on any atom is 0.334 e. The second kappa shape index (κ2) is 8.59. The molecule has 27 heavy (non-hydrogen) atoms. The Morgan fingerprint density at radius 2 is 2.19 bits per heavy atom. The molecule has 5 heteroatoms. The Labute approximate surface area is 162 Å². The van der Waals surface area contributed by atoms with E-state index in [0.29, 0.717) is 18.6 Å². The van der Waals surface area contributed by atoms with E-state index in [1.807, 2.05) is 0 Å². The molecule has 3 rings (SSSR count). The fraction of sp³-hybridized carbons (Fsp3) is 0.727. The van der Waals surface area contributed by atoms with Gasteiger partial charge in [0, 0.05) is 17.9 Å². The van der Waals surface area contributed by atoms with E-state index < -0.39 is 0 Å². The molecule has 0 spiro atoms. The number of carbonyl (C=O) groups is 2. The summed E-state index contributed by atoms with van der Waals surface area (Å²) in [5.74, 6) is -0.440. The summed E-state index contributed by atoms with van der Waals surface area (Å²) < 4.78 is 17.0. The Kier molecular flexibility index (Phi) is 6.40. The van der Waals surface area contributed by atoms with Gasteiger partial charge in [-0.25, -0.2) is 4.79 Å². The van der Waals surface area contributed by atoms with Crippen molar-refractivity contribution in [3.63, 3.8) is 0 Å². The maximum absolute atomic E-state index is 12.0. The predicted octanol–water partition coefficient (Wildman–Crippen LogP) is 4.26. The molecule has 2 fully saturated rings. The minimum atomic E-state index is -0.300. The molecule has 0 N–H and O–H groups in total. The van der Waals surface area contributed by atoms with Gasteiger partial charge in [0.05, 0.1) is 5.60 Å². The second-order valence-electron chi connectivity index (χ2n) is 8.26. The Balaban J connectivity index is 1.55. The molecular weight excluding hydrogens is 344 g/mol. The van der Waals surface area contributed by atoms with Crippen LogP contribution in [0.2, 0.25) is 0 Å². The summed E-state index contributed by atoms with van der Waals surface area (Å²) in [5, 5.41) is 0. The molecule has 4 atom stereocenters. The van der Waals surface area contributed by atoms with Gasteiger partial charge in [-0.2, -0.15) is 0 Å². The van der Waals surface area contributed by atoms with Gasteiger partial charge in [0.15, 0.2) is 0 Å². The van der Waals surface area contributed by atoms with Gasteiger partial charge in [0.2, 0.25) is 0 Å². The van der Waals surface area contributed by atoms with Gasteiger partial charge in [0.25, 0.3) is 0 Å². The maximum atomic E-state index is 12.0. The van der Waals surface area contributed by atoms with E-state index in [9.17, 15) is 9.59 Å². The number of hydrogen-bond donors (Lipinski definition) is 0. The Bertz CT molecular complexity index is 622. The lowest BCUT2D eigenvalue weighted by atomic mass is 9.84. The summed E-state index contributed by atoms with van der Waals surface area (Å²) in [6.45, 7) is 8.51. The Morgan fingerprint density at radius 3 is 2.96 bits per heavy atom. The van der Waals surface area contributed by atoms with Crippen LogP contribution in [0.15, 0.2) is 23.8 Å². The quantitative estimate of drug-likeness (QED) is 0.218. The lowest BCUT2D eigenvalue weighted by Gasteiger charge is -2.20. The van der Waals surface area contributed by atoms with Gasteiger partial charge in [-0.1, -0.05) is 38.8 Å². The molecule has 5 nitrogen and oxygen atoms in total. The van der Waals surface area contributed by atoms with E-state index >= 15 is 0 Å². The number of epoxide rings is 1. The molecule has 0 radical (unpaired) electrons. The molecule has 3 aliphatic rings. The first-order valence-electron chi connectivity index (χ1n) is 10.4. The highest BCUT2D eigenvalue weighted by Gasteiger charge is 2.61. The first-order valence-corrected chi connectivity index (χ1v) is 10.4.